The molecule has 41 heavy (non-hydrogen) atoms. The first-order valence-corrected chi connectivity index (χ1v) is 13.8. The van der Waals surface area contributed by atoms with Gasteiger partial charge in [0.2, 0.25) is 0 Å². The van der Waals surface area contributed by atoms with Gasteiger partial charge in [0.05, 0.1) is 12.5 Å². The Kier molecular flexibility index (Phi) is 8.60. The number of aromatic nitrogens is 3. The Bertz CT molecular complexity index is 1600. The van der Waals surface area contributed by atoms with Gasteiger partial charge in [-0.05, 0) is 44.4 Å². The zero-order valence-corrected chi connectivity index (χ0v) is 23.8. The summed E-state index contributed by atoms with van der Waals surface area (Å²) < 4.78 is 34.5. The van der Waals surface area contributed by atoms with Crippen LogP contribution in [0.2, 0.25) is 5.02 Å². The lowest BCUT2D eigenvalue weighted by Crippen LogP contribution is -2.49. The summed E-state index contributed by atoms with van der Waals surface area (Å²) in [7, 11) is 3.58. The number of hydrogen-bond acceptors (Lipinski definition) is 7. The van der Waals surface area contributed by atoms with E-state index < -0.39 is 17.6 Å². The quantitative estimate of drug-likeness (QED) is 0.296. The molecule has 0 aliphatic carbocycles. The average Bonchev–Trinajstić information content (AvgIpc) is 3.47. The summed E-state index contributed by atoms with van der Waals surface area (Å²) in [5, 5.41) is 2.44. The predicted molar refractivity (Wildman–Crippen MR) is 158 cm³/mol. The molecule has 214 valence electrons. The number of amides is 1. The van der Waals surface area contributed by atoms with Crippen molar-refractivity contribution in [2.45, 2.75) is 12.8 Å². The number of rotatable bonds is 4. The Hall–Kier alpha value is -3.89. The molecule has 2 fully saturated rings. The van der Waals surface area contributed by atoms with Gasteiger partial charge >= 0.3 is 6.01 Å². The van der Waals surface area contributed by atoms with Gasteiger partial charge in [0.15, 0.2) is 11.6 Å². The number of methoxy groups -OCH3 is 1. The molecule has 0 unspecified atom stereocenters. The minimum Gasteiger partial charge on any atom is -0.467 e. The molecule has 4 aromatic rings. The molecule has 4 heterocycles. The van der Waals surface area contributed by atoms with Crippen molar-refractivity contribution in [3.8, 4) is 17.3 Å². The molecular formula is C30H31ClF2N6O2. The van der Waals surface area contributed by atoms with E-state index in [1.54, 1.807) is 12.1 Å². The fourth-order valence-corrected chi connectivity index (χ4v) is 5.49. The maximum Gasteiger partial charge on any atom is 0.318 e. The number of pyridine rings is 1. The smallest absolute Gasteiger partial charge is 0.318 e. The Morgan fingerprint density at radius 3 is 2.32 bits per heavy atom. The van der Waals surface area contributed by atoms with Crippen LogP contribution in [-0.4, -0.2) is 84.1 Å². The van der Waals surface area contributed by atoms with Crippen molar-refractivity contribution in [2.24, 2.45) is 0 Å². The van der Waals surface area contributed by atoms with Gasteiger partial charge in [0.1, 0.15) is 17.0 Å². The standard InChI is InChI=1S/C25H20ClF2N5O2.C5H11N/c1-14(27)24(34)33-11-9-32(10-12-33)23-17-13-29-21(20(28)22(17)30-25(31-23)35-2)16-7-3-5-15-6-4-8-18(26)19(15)16;1-6-4-2-3-5-6/h3-8,13H,1,9-12H2,2H3;2-5H2,1H3. The lowest BCUT2D eigenvalue weighted by molar-refractivity contribution is -0.128. The Morgan fingerprint density at radius 1 is 1.02 bits per heavy atom. The molecule has 8 nitrogen and oxygen atoms in total. The number of hydrogen-bond donors (Lipinski definition) is 0. The molecule has 2 saturated heterocycles. The van der Waals surface area contributed by atoms with Gasteiger partial charge in [0.25, 0.3) is 5.91 Å². The number of ether oxygens (including phenoxy) is 1. The van der Waals surface area contributed by atoms with Crippen LogP contribution in [-0.2, 0) is 4.79 Å². The zero-order valence-electron chi connectivity index (χ0n) is 23.0. The van der Waals surface area contributed by atoms with Crippen LogP contribution in [0, 0.1) is 5.82 Å². The minimum absolute atomic E-state index is 0.00450. The van der Waals surface area contributed by atoms with Crippen LogP contribution in [0.3, 0.4) is 0 Å². The summed E-state index contributed by atoms with van der Waals surface area (Å²) in [6.45, 7) is 6.95. The van der Waals surface area contributed by atoms with Crippen LogP contribution in [0.1, 0.15) is 12.8 Å². The second-order valence-electron chi connectivity index (χ2n) is 10.1. The van der Waals surface area contributed by atoms with E-state index >= 15 is 4.39 Å². The zero-order chi connectivity index (χ0) is 29.1. The highest BCUT2D eigenvalue weighted by atomic mass is 35.5. The molecule has 0 atom stereocenters. The lowest BCUT2D eigenvalue weighted by Gasteiger charge is -2.35. The number of carbonyl (C=O) groups excluding carboxylic acids is 1. The van der Waals surface area contributed by atoms with E-state index in [2.05, 4.69) is 33.5 Å². The summed E-state index contributed by atoms with van der Waals surface area (Å²) in [5.41, 5.74) is 0.710. The van der Waals surface area contributed by atoms with Crippen LogP contribution in [0.25, 0.3) is 32.9 Å². The molecule has 0 spiro atoms. The second kappa shape index (κ2) is 12.3. The van der Waals surface area contributed by atoms with Crippen molar-refractivity contribution < 1.29 is 18.3 Å². The third kappa shape index (κ3) is 5.94. The molecule has 6 rings (SSSR count). The van der Waals surface area contributed by atoms with E-state index in [4.69, 9.17) is 16.3 Å². The number of fused-ring (bicyclic) bond motifs is 2. The monoisotopic (exact) mass is 580 g/mol. The molecule has 0 bridgehead atoms. The van der Waals surface area contributed by atoms with Gasteiger partial charge < -0.3 is 19.4 Å². The van der Waals surface area contributed by atoms with Crippen molar-refractivity contribution in [2.75, 3.05) is 58.3 Å². The number of carbonyl (C=O) groups is 1. The number of anilines is 1. The fourth-order valence-electron chi connectivity index (χ4n) is 5.20. The number of likely N-dealkylation sites (tertiary alicyclic amines) is 1. The number of nitrogens with zero attached hydrogens (tertiary/aromatic N) is 6. The van der Waals surface area contributed by atoms with Crippen molar-refractivity contribution in [1.29, 1.82) is 0 Å². The highest BCUT2D eigenvalue weighted by Crippen LogP contribution is 2.37. The topological polar surface area (TPSA) is 74.7 Å². The van der Waals surface area contributed by atoms with Crippen LogP contribution in [0.5, 0.6) is 6.01 Å². The Balaban J connectivity index is 0.000000500. The van der Waals surface area contributed by atoms with E-state index in [0.717, 1.165) is 5.39 Å². The molecule has 2 aromatic heterocycles. The largest absolute Gasteiger partial charge is 0.467 e. The van der Waals surface area contributed by atoms with Crippen molar-refractivity contribution in [1.82, 2.24) is 24.8 Å². The molecule has 2 aliphatic rings. The van der Waals surface area contributed by atoms with E-state index in [-0.39, 0.29) is 30.3 Å². The van der Waals surface area contributed by atoms with Gasteiger partial charge in [-0.3, -0.25) is 9.78 Å². The fraction of sp³-hybridized carbons (Fsp3) is 0.333. The Labute approximate surface area is 242 Å². The van der Waals surface area contributed by atoms with Gasteiger partial charge in [-0.1, -0.05) is 48.5 Å². The van der Waals surface area contributed by atoms with E-state index in [1.807, 2.05) is 29.2 Å². The molecule has 0 N–H and O–H groups in total. The van der Waals surface area contributed by atoms with Crippen LogP contribution >= 0.6 is 11.6 Å². The summed E-state index contributed by atoms with van der Waals surface area (Å²) in [6.07, 6.45) is 4.35. The van der Waals surface area contributed by atoms with Crippen molar-refractivity contribution >= 4 is 45.0 Å². The van der Waals surface area contributed by atoms with Crippen molar-refractivity contribution in [3.63, 3.8) is 0 Å². The molecule has 2 aliphatic heterocycles. The number of piperazine rings is 1. The molecular weight excluding hydrogens is 550 g/mol. The van der Waals surface area contributed by atoms with E-state index in [9.17, 15) is 9.18 Å². The van der Waals surface area contributed by atoms with Crippen LogP contribution < -0.4 is 9.64 Å². The third-order valence-corrected chi connectivity index (χ3v) is 7.68. The summed E-state index contributed by atoms with van der Waals surface area (Å²) in [6, 6.07) is 11.0. The maximum atomic E-state index is 16.0. The SMILES string of the molecule is C=C(F)C(=O)N1CCN(c2nc(OC)nc3c(F)c(-c4cccc5cccc(Cl)c45)ncc23)CC1.CN1CCCC1. The second-order valence-corrected chi connectivity index (χ2v) is 10.5. The lowest BCUT2D eigenvalue weighted by atomic mass is 10.0. The van der Waals surface area contributed by atoms with Crippen molar-refractivity contribution in [3.05, 3.63) is 65.8 Å². The maximum absolute atomic E-state index is 16.0. The third-order valence-electron chi connectivity index (χ3n) is 7.36. The highest BCUT2D eigenvalue weighted by molar-refractivity contribution is 6.36. The first kappa shape index (κ1) is 28.6. The summed E-state index contributed by atoms with van der Waals surface area (Å²) in [4.78, 5) is 30.6. The van der Waals surface area contributed by atoms with Gasteiger partial charge in [-0.25, -0.2) is 8.78 Å². The highest BCUT2D eigenvalue weighted by Gasteiger charge is 2.27. The first-order chi connectivity index (χ1) is 19.8. The summed E-state index contributed by atoms with van der Waals surface area (Å²) in [5.74, 6) is -1.94. The summed E-state index contributed by atoms with van der Waals surface area (Å²) >= 11 is 6.45. The van der Waals surface area contributed by atoms with E-state index in [1.165, 1.54) is 44.1 Å². The predicted octanol–water partition coefficient (Wildman–Crippen LogP) is 5.49. The van der Waals surface area contributed by atoms with Gasteiger partial charge in [-0.15, -0.1) is 0 Å². The molecule has 0 saturated carbocycles. The van der Waals surface area contributed by atoms with Crippen LogP contribution in [0.15, 0.2) is 55.0 Å². The molecule has 2 aromatic carbocycles. The van der Waals surface area contributed by atoms with Crippen LogP contribution in [0.4, 0.5) is 14.6 Å². The molecule has 0 radical (unpaired) electrons. The van der Waals surface area contributed by atoms with Gasteiger partial charge in [0, 0.05) is 48.3 Å². The van der Waals surface area contributed by atoms with E-state index in [0.29, 0.717) is 40.3 Å². The van der Waals surface area contributed by atoms with Gasteiger partial charge in [-0.2, -0.15) is 9.97 Å². The molecule has 11 heteroatoms. The minimum atomic E-state index is -1.00. The molecule has 1 amide bonds. The normalized spacial score (nSPS) is 15.6. The number of benzene rings is 2. The Morgan fingerprint density at radius 2 is 1.71 bits per heavy atom. The first-order valence-electron chi connectivity index (χ1n) is 13.4. The number of halogens is 3. The average molecular weight is 581 g/mol.